The smallest absolute Gasteiger partial charge is 0.253 e. The Morgan fingerprint density at radius 2 is 2.29 bits per heavy atom. The minimum atomic E-state index is 0.0367. The molecule has 0 saturated heterocycles. The molecule has 0 aromatic heterocycles. The lowest BCUT2D eigenvalue weighted by molar-refractivity contribution is 0.0958. The predicted octanol–water partition coefficient (Wildman–Crippen LogP) is 0.841. The summed E-state index contributed by atoms with van der Waals surface area (Å²) in [5.74, 6) is 0.0367. The standard InChI is InChI=1S/C13H15N3O/c1-16-7-6-15-13(17)11-3-2-9-8-14-5-4-10(9)12(11)16/h2-3,8H,4-7H2,1H3,(H,15,17). The van der Waals surface area contributed by atoms with Crippen molar-refractivity contribution in [3.05, 3.63) is 28.8 Å². The zero-order valence-corrected chi connectivity index (χ0v) is 9.86. The summed E-state index contributed by atoms with van der Waals surface area (Å²) < 4.78 is 0. The first kappa shape index (κ1) is 10.3. The largest absolute Gasteiger partial charge is 0.372 e. The van der Waals surface area contributed by atoms with Crippen molar-refractivity contribution < 1.29 is 4.79 Å². The Morgan fingerprint density at radius 3 is 3.18 bits per heavy atom. The summed E-state index contributed by atoms with van der Waals surface area (Å²) in [5, 5.41) is 2.92. The van der Waals surface area contributed by atoms with Crippen LogP contribution in [0.25, 0.3) is 0 Å². The molecule has 0 spiro atoms. The highest BCUT2D eigenvalue weighted by Gasteiger charge is 2.23. The highest BCUT2D eigenvalue weighted by atomic mass is 16.1. The highest BCUT2D eigenvalue weighted by molar-refractivity contribution is 6.03. The number of nitrogens with zero attached hydrogens (tertiary/aromatic N) is 2. The molecule has 1 aromatic rings. The lowest BCUT2D eigenvalue weighted by atomic mass is 9.96. The van der Waals surface area contributed by atoms with E-state index in [0.717, 1.165) is 36.3 Å². The minimum absolute atomic E-state index is 0.0367. The van der Waals surface area contributed by atoms with E-state index in [1.165, 1.54) is 5.56 Å². The molecule has 1 N–H and O–H groups in total. The number of rotatable bonds is 0. The van der Waals surface area contributed by atoms with E-state index in [2.05, 4.69) is 15.2 Å². The summed E-state index contributed by atoms with van der Waals surface area (Å²) in [4.78, 5) is 18.4. The number of amides is 1. The Labute approximate surface area is 100 Å². The van der Waals surface area contributed by atoms with E-state index in [-0.39, 0.29) is 5.91 Å². The second-order valence-corrected chi connectivity index (χ2v) is 4.49. The van der Waals surface area contributed by atoms with Gasteiger partial charge < -0.3 is 10.2 Å². The molecule has 2 aliphatic rings. The minimum Gasteiger partial charge on any atom is -0.372 e. The van der Waals surface area contributed by atoms with Gasteiger partial charge in [0.15, 0.2) is 0 Å². The summed E-state index contributed by atoms with van der Waals surface area (Å²) in [6, 6.07) is 3.90. The van der Waals surface area contributed by atoms with Gasteiger partial charge in [-0.05, 0) is 23.6 Å². The molecule has 0 bridgehead atoms. The topological polar surface area (TPSA) is 44.7 Å². The summed E-state index contributed by atoms with van der Waals surface area (Å²) in [6.07, 6.45) is 2.84. The molecular formula is C13H15N3O. The van der Waals surface area contributed by atoms with Crippen LogP contribution in [0.15, 0.2) is 17.1 Å². The van der Waals surface area contributed by atoms with Crippen LogP contribution in [0.5, 0.6) is 0 Å². The Balaban J connectivity index is 2.23. The van der Waals surface area contributed by atoms with E-state index in [1.54, 1.807) is 0 Å². The van der Waals surface area contributed by atoms with Crippen LogP contribution in [0.4, 0.5) is 5.69 Å². The van der Waals surface area contributed by atoms with Crippen LogP contribution in [-0.2, 0) is 6.42 Å². The van der Waals surface area contributed by atoms with Gasteiger partial charge in [0.1, 0.15) is 0 Å². The van der Waals surface area contributed by atoms with E-state index in [9.17, 15) is 4.79 Å². The summed E-state index contributed by atoms with van der Waals surface area (Å²) in [5.41, 5.74) is 4.29. The first-order valence-electron chi connectivity index (χ1n) is 5.92. The Morgan fingerprint density at radius 1 is 1.41 bits per heavy atom. The molecule has 1 amide bonds. The molecule has 0 atom stereocenters. The molecule has 0 aliphatic carbocycles. The van der Waals surface area contributed by atoms with E-state index >= 15 is 0 Å². The molecule has 0 unspecified atom stereocenters. The van der Waals surface area contributed by atoms with Gasteiger partial charge in [-0.3, -0.25) is 9.79 Å². The van der Waals surface area contributed by atoms with Crippen molar-refractivity contribution in [3.8, 4) is 0 Å². The van der Waals surface area contributed by atoms with Crippen molar-refractivity contribution in [1.29, 1.82) is 0 Å². The molecule has 0 fully saturated rings. The van der Waals surface area contributed by atoms with Crippen molar-refractivity contribution in [2.45, 2.75) is 6.42 Å². The average molecular weight is 229 g/mol. The van der Waals surface area contributed by atoms with Crippen LogP contribution in [0, 0.1) is 0 Å². The molecule has 4 nitrogen and oxygen atoms in total. The molecular weight excluding hydrogens is 214 g/mol. The van der Waals surface area contributed by atoms with Crippen LogP contribution in [0.3, 0.4) is 0 Å². The van der Waals surface area contributed by atoms with E-state index in [0.29, 0.717) is 6.54 Å². The Kier molecular flexibility index (Phi) is 2.35. The van der Waals surface area contributed by atoms with Gasteiger partial charge >= 0.3 is 0 Å². The molecule has 0 saturated carbocycles. The number of hydrogen-bond donors (Lipinski definition) is 1. The lowest BCUT2D eigenvalue weighted by Gasteiger charge is -2.24. The number of benzene rings is 1. The van der Waals surface area contributed by atoms with Crippen molar-refractivity contribution in [1.82, 2.24) is 5.32 Å². The number of hydrogen-bond acceptors (Lipinski definition) is 3. The number of fused-ring (bicyclic) bond motifs is 3. The molecule has 2 heterocycles. The normalized spacial score (nSPS) is 18.2. The number of carbonyl (C=O) groups is 1. The van der Waals surface area contributed by atoms with Crippen LogP contribution < -0.4 is 10.2 Å². The van der Waals surface area contributed by atoms with Crippen LogP contribution >= 0.6 is 0 Å². The maximum atomic E-state index is 12.0. The first-order chi connectivity index (χ1) is 8.27. The Bertz CT molecular complexity index is 508. The van der Waals surface area contributed by atoms with Gasteiger partial charge in [-0.15, -0.1) is 0 Å². The molecule has 88 valence electrons. The molecule has 1 aromatic carbocycles. The Hall–Kier alpha value is -1.84. The van der Waals surface area contributed by atoms with Crippen LogP contribution in [0.1, 0.15) is 21.5 Å². The van der Waals surface area contributed by atoms with Crippen LogP contribution in [0.2, 0.25) is 0 Å². The average Bonchev–Trinajstić information content (AvgIpc) is 2.50. The third-order valence-corrected chi connectivity index (χ3v) is 3.40. The van der Waals surface area contributed by atoms with Gasteiger partial charge in [0, 0.05) is 32.9 Å². The van der Waals surface area contributed by atoms with Gasteiger partial charge in [-0.2, -0.15) is 0 Å². The third kappa shape index (κ3) is 1.60. The number of anilines is 1. The van der Waals surface area contributed by atoms with Gasteiger partial charge in [0.25, 0.3) is 5.91 Å². The number of nitrogens with one attached hydrogen (secondary N) is 1. The van der Waals surface area contributed by atoms with E-state index in [4.69, 9.17) is 0 Å². The van der Waals surface area contributed by atoms with E-state index < -0.39 is 0 Å². The maximum Gasteiger partial charge on any atom is 0.253 e. The monoisotopic (exact) mass is 229 g/mol. The van der Waals surface area contributed by atoms with Crippen LogP contribution in [-0.4, -0.2) is 38.8 Å². The SMILES string of the molecule is CN1CCNC(=O)c2ccc3c(c21)CCN=C3. The number of carbonyl (C=O) groups excluding carboxylic acids is 1. The molecule has 2 aliphatic heterocycles. The molecule has 0 radical (unpaired) electrons. The zero-order chi connectivity index (χ0) is 11.8. The van der Waals surface area contributed by atoms with Gasteiger partial charge in [0.05, 0.1) is 11.3 Å². The fourth-order valence-corrected chi connectivity index (χ4v) is 2.54. The highest BCUT2D eigenvalue weighted by Crippen LogP contribution is 2.30. The summed E-state index contributed by atoms with van der Waals surface area (Å²) in [7, 11) is 2.05. The van der Waals surface area contributed by atoms with Crippen molar-refractivity contribution in [3.63, 3.8) is 0 Å². The van der Waals surface area contributed by atoms with Gasteiger partial charge in [-0.1, -0.05) is 6.07 Å². The number of aliphatic imine (C=N–C) groups is 1. The third-order valence-electron chi connectivity index (χ3n) is 3.40. The summed E-state index contributed by atoms with van der Waals surface area (Å²) >= 11 is 0. The lowest BCUT2D eigenvalue weighted by Crippen LogP contribution is -2.27. The van der Waals surface area contributed by atoms with E-state index in [1.807, 2.05) is 25.4 Å². The fourth-order valence-electron chi connectivity index (χ4n) is 2.54. The number of likely N-dealkylation sites (N-methyl/N-ethyl adjacent to an activating group) is 1. The summed E-state index contributed by atoms with van der Waals surface area (Å²) in [6.45, 7) is 2.37. The molecule has 4 heteroatoms. The predicted molar refractivity (Wildman–Crippen MR) is 68.2 cm³/mol. The fraction of sp³-hybridized carbons (Fsp3) is 0.385. The second kappa shape index (κ2) is 3.87. The zero-order valence-electron chi connectivity index (χ0n) is 9.86. The first-order valence-corrected chi connectivity index (χ1v) is 5.92. The van der Waals surface area contributed by atoms with Crippen molar-refractivity contribution >= 4 is 17.8 Å². The van der Waals surface area contributed by atoms with Gasteiger partial charge in [0.2, 0.25) is 0 Å². The second-order valence-electron chi connectivity index (χ2n) is 4.49. The maximum absolute atomic E-state index is 12.0. The van der Waals surface area contributed by atoms with Crippen molar-refractivity contribution in [2.75, 3.05) is 31.6 Å². The molecule has 17 heavy (non-hydrogen) atoms. The van der Waals surface area contributed by atoms with Gasteiger partial charge in [-0.25, -0.2) is 0 Å². The van der Waals surface area contributed by atoms with Crippen molar-refractivity contribution in [2.24, 2.45) is 4.99 Å². The quantitative estimate of drug-likeness (QED) is 0.716. The molecule has 3 rings (SSSR count).